The molecule has 0 fully saturated rings. The van der Waals surface area contributed by atoms with Gasteiger partial charge in [0.25, 0.3) is 0 Å². The summed E-state index contributed by atoms with van der Waals surface area (Å²) in [7, 11) is 0. The minimum atomic E-state index is 0.864. The van der Waals surface area contributed by atoms with Gasteiger partial charge >= 0.3 is 0 Å². The van der Waals surface area contributed by atoms with Crippen molar-refractivity contribution in [2.75, 3.05) is 0 Å². The number of rotatable bonds is 4. The quantitative estimate of drug-likeness (QED) is 0.585. The summed E-state index contributed by atoms with van der Waals surface area (Å²) in [5.41, 5.74) is 4.14. The predicted molar refractivity (Wildman–Crippen MR) is 88.1 cm³/mol. The molecule has 0 unspecified atom stereocenters. The number of unbranched alkanes of at least 4 members (excludes halogenated alkanes) is 1. The van der Waals surface area contributed by atoms with Crippen LogP contribution in [0.5, 0.6) is 0 Å². The van der Waals surface area contributed by atoms with Crippen LogP contribution in [0.1, 0.15) is 24.0 Å². The third-order valence-corrected chi connectivity index (χ3v) is 3.41. The number of aromatic nitrogens is 3. The summed E-state index contributed by atoms with van der Waals surface area (Å²) in [6.07, 6.45) is 8.41. The maximum atomic E-state index is 4.27. The Labute approximate surface area is 130 Å². The highest BCUT2D eigenvalue weighted by atomic mass is 15.1. The van der Waals surface area contributed by atoms with Crippen molar-refractivity contribution >= 4 is 0 Å². The molecule has 3 nitrogen and oxygen atoms in total. The Kier molecular flexibility index (Phi) is 4.63. The molecule has 0 spiro atoms. The van der Waals surface area contributed by atoms with Gasteiger partial charge in [-0.15, -0.1) is 0 Å². The van der Waals surface area contributed by atoms with Crippen LogP contribution in [0.15, 0.2) is 61.1 Å². The molecule has 0 aliphatic heterocycles. The first-order valence-corrected chi connectivity index (χ1v) is 7.40. The van der Waals surface area contributed by atoms with Crippen molar-refractivity contribution in [1.29, 1.82) is 0 Å². The molecule has 3 rings (SSSR count). The molecule has 0 saturated carbocycles. The minimum absolute atomic E-state index is 0.864. The van der Waals surface area contributed by atoms with E-state index in [0.717, 1.165) is 36.1 Å². The third kappa shape index (κ3) is 3.62. The monoisotopic (exact) mass is 287 g/mol. The van der Waals surface area contributed by atoms with Crippen molar-refractivity contribution in [2.45, 2.75) is 19.3 Å². The van der Waals surface area contributed by atoms with Gasteiger partial charge in [0.1, 0.15) is 5.69 Å². The van der Waals surface area contributed by atoms with E-state index in [-0.39, 0.29) is 0 Å². The Morgan fingerprint density at radius 3 is 2.77 bits per heavy atom. The van der Waals surface area contributed by atoms with E-state index >= 15 is 0 Å². The van der Waals surface area contributed by atoms with Crippen LogP contribution in [0.3, 0.4) is 0 Å². The van der Waals surface area contributed by atoms with Crippen LogP contribution < -0.4 is 0 Å². The second kappa shape index (κ2) is 7.24. The highest BCUT2D eigenvalue weighted by Crippen LogP contribution is 2.18. The minimum Gasteiger partial charge on any atom is -0.284 e. The molecule has 2 aromatic heterocycles. The van der Waals surface area contributed by atoms with Crippen molar-refractivity contribution < 1.29 is 0 Å². The van der Waals surface area contributed by atoms with Crippen LogP contribution >= 0.6 is 0 Å². The first-order chi connectivity index (χ1) is 10.9. The third-order valence-electron chi connectivity index (χ3n) is 3.41. The second-order valence-electron chi connectivity index (χ2n) is 5.03. The summed E-state index contributed by atoms with van der Waals surface area (Å²) in [5.74, 6) is 6.44. The van der Waals surface area contributed by atoms with Gasteiger partial charge in [-0.1, -0.05) is 42.2 Å². The zero-order valence-electron chi connectivity index (χ0n) is 12.3. The van der Waals surface area contributed by atoms with E-state index in [4.69, 9.17) is 0 Å². The van der Waals surface area contributed by atoms with Gasteiger partial charge in [0.05, 0.1) is 5.56 Å². The zero-order chi connectivity index (χ0) is 15.0. The number of pyridine rings is 1. The molecule has 0 aliphatic rings. The lowest BCUT2D eigenvalue weighted by Crippen LogP contribution is -1.84. The fraction of sp³-hybridized carbons (Fsp3) is 0.158. The average Bonchev–Trinajstić information content (AvgIpc) is 3.05. The molecule has 1 aromatic carbocycles. The highest BCUT2D eigenvalue weighted by Gasteiger charge is 2.05. The Morgan fingerprint density at radius 1 is 1.05 bits per heavy atom. The van der Waals surface area contributed by atoms with Crippen molar-refractivity contribution in [2.24, 2.45) is 0 Å². The number of aryl methyl sites for hydroxylation is 1. The predicted octanol–water partition coefficient (Wildman–Crippen LogP) is 3.85. The lowest BCUT2D eigenvalue weighted by molar-refractivity contribution is 0.858. The van der Waals surface area contributed by atoms with E-state index in [1.807, 2.05) is 24.4 Å². The average molecular weight is 287 g/mol. The number of aromatic amines is 1. The molecule has 3 heteroatoms. The molecule has 22 heavy (non-hydrogen) atoms. The molecule has 0 atom stereocenters. The first-order valence-electron chi connectivity index (χ1n) is 7.40. The fourth-order valence-corrected chi connectivity index (χ4v) is 2.29. The number of hydrogen-bond donors (Lipinski definition) is 1. The summed E-state index contributed by atoms with van der Waals surface area (Å²) in [4.78, 5) is 4.12. The number of nitrogens with one attached hydrogen (secondary N) is 1. The van der Waals surface area contributed by atoms with Gasteiger partial charge in [0, 0.05) is 30.6 Å². The molecule has 1 N–H and O–H groups in total. The Morgan fingerprint density at radius 2 is 1.95 bits per heavy atom. The molecule has 0 amide bonds. The SMILES string of the molecule is C(#Cc1c[nH]nc1-c1cccnc1)CCCc1ccccc1. The maximum absolute atomic E-state index is 4.27. The zero-order valence-corrected chi connectivity index (χ0v) is 12.3. The molecule has 0 radical (unpaired) electrons. The second-order valence-corrected chi connectivity index (χ2v) is 5.03. The van der Waals surface area contributed by atoms with Crippen molar-refractivity contribution in [1.82, 2.24) is 15.2 Å². The number of nitrogens with zero attached hydrogens (tertiary/aromatic N) is 2. The number of hydrogen-bond acceptors (Lipinski definition) is 2. The number of H-pyrrole nitrogens is 1. The van der Waals surface area contributed by atoms with E-state index in [0.29, 0.717) is 0 Å². The molecular formula is C19H17N3. The van der Waals surface area contributed by atoms with Gasteiger partial charge in [0.2, 0.25) is 0 Å². The summed E-state index contributed by atoms with van der Waals surface area (Å²) in [5, 5.41) is 7.15. The van der Waals surface area contributed by atoms with E-state index in [1.54, 1.807) is 12.4 Å². The Balaban J connectivity index is 1.60. The maximum Gasteiger partial charge on any atom is 0.109 e. The van der Waals surface area contributed by atoms with Crippen LogP contribution in [-0.2, 0) is 6.42 Å². The fourth-order valence-electron chi connectivity index (χ4n) is 2.29. The first kappa shape index (κ1) is 14.1. The van der Waals surface area contributed by atoms with Crippen LogP contribution in [0.2, 0.25) is 0 Å². The molecule has 0 bridgehead atoms. The van der Waals surface area contributed by atoms with E-state index < -0.39 is 0 Å². The van der Waals surface area contributed by atoms with Crippen LogP contribution in [-0.4, -0.2) is 15.2 Å². The number of benzene rings is 1. The summed E-state index contributed by atoms with van der Waals surface area (Å²) < 4.78 is 0. The standard InChI is InChI=1S/C19H17N3/c1-3-8-16(9-4-1)10-5-2-6-11-18-15-21-22-19(18)17-12-7-13-20-14-17/h1,3-4,7-9,12-15H,2,5,10H2,(H,21,22). The molecular weight excluding hydrogens is 270 g/mol. The summed E-state index contributed by atoms with van der Waals surface area (Å²) in [6.45, 7) is 0. The van der Waals surface area contributed by atoms with Gasteiger partial charge in [-0.2, -0.15) is 5.10 Å². The van der Waals surface area contributed by atoms with Gasteiger partial charge in [-0.05, 0) is 30.5 Å². The highest BCUT2D eigenvalue weighted by molar-refractivity contribution is 5.65. The van der Waals surface area contributed by atoms with Crippen LogP contribution in [0.4, 0.5) is 0 Å². The molecule has 0 aliphatic carbocycles. The summed E-state index contributed by atoms with van der Waals surface area (Å²) >= 11 is 0. The van der Waals surface area contributed by atoms with E-state index in [1.165, 1.54) is 5.56 Å². The van der Waals surface area contributed by atoms with Crippen LogP contribution in [0.25, 0.3) is 11.3 Å². The van der Waals surface area contributed by atoms with E-state index in [2.05, 4.69) is 51.3 Å². The van der Waals surface area contributed by atoms with Gasteiger partial charge in [-0.25, -0.2) is 0 Å². The van der Waals surface area contributed by atoms with Crippen molar-refractivity contribution in [3.8, 4) is 23.1 Å². The lowest BCUT2D eigenvalue weighted by Gasteiger charge is -1.97. The molecule has 108 valence electrons. The molecule has 0 saturated heterocycles. The topological polar surface area (TPSA) is 41.6 Å². The van der Waals surface area contributed by atoms with Gasteiger partial charge in [0.15, 0.2) is 0 Å². The Bertz CT molecular complexity index is 764. The Hall–Kier alpha value is -2.86. The molecule has 3 aromatic rings. The lowest BCUT2D eigenvalue weighted by atomic mass is 10.1. The van der Waals surface area contributed by atoms with Gasteiger partial charge < -0.3 is 0 Å². The van der Waals surface area contributed by atoms with Crippen LogP contribution in [0, 0.1) is 11.8 Å². The van der Waals surface area contributed by atoms with Gasteiger partial charge in [-0.3, -0.25) is 10.1 Å². The van der Waals surface area contributed by atoms with Crippen molar-refractivity contribution in [3.05, 3.63) is 72.2 Å². The van der Waals surface area contributed by atoms with E-state index in [9.17, 15) is 0 Å². The summed E-state index contributed by atoms with van der Waals surface area (Å²) in [6, 6.07) is 14.4. The largest absolute Gasteiger partial charge is 0.284 e. The molecule has 2 heterocycles. The smallest absolute Gasteiger partial charge is 0.109 e. The van der Waals surface area contributed by atoms with Crippen molar-refractivity contribution in [3.63, 3.8) is 0 Å². The normalized spacial score (nSPS) is 10.0.